The third kappa shape index (κ3) is 5.42. The van der Waals surface area contributed by atoms with Crippen molar-refractivity contribution in [3.05, 3.63) is 123 Å². The van der Waals surface area contributed by atoms with E-state index in [0.717, 1.165) is 38.3 Å². The zero-order valence-electron chi connectivity index (χ0n) is 21.4. The number of benzene rings is 4. The van der Waals surface area contributed by atoms with Crippen LogP contribution in [0.15, 0.2) is 48.5 Å². The van der Waals surface area contributed by atoms with Crippen LogP contribution in [-0.4, -0.2) is 25.5 Å². The fourth-order valence-corrected chi connectivity index (χ4v) is 3.77. The Bertz CT molecular complexity index is 1650. The van der Waals surface area contributed by atoms with Crippen LogP contribution in [0.5, 0.6) is 17.2 Å². The Labute approximate surface area is 231 Å². The second kappa shape index (κ2) is 12.0. The van der Waals surface area contributed by atoms with Gasteiger partial charge in [0.25, 0.3) is 0 Å². The molecule has 0 aliphatic heterocycles. The highest BCUT2D eigenvalue weighted by Gasteiger charge is 2.31. The van der Waals surface area contributed by atoms with Crippen LogP contribution in [0.25, 0.3) is 0 Å². The molecule has 0 bridgehead atoms. The maximum absolute atomic E-state index is 14.5. The lowest BCUT2D eigenvalue weighted by atomic mass is 10.00. The van der Waals surface area contributed by atoms with Crippen molar-refractivity contribution in [1.82, 2.24) is 0 Å². The van der Waals surface area contributed by atoms with E-state index in [-0.39, 0.29) is 22.6 Å². The standard InChI is InChI=1S/C29H16F8O5/c1-12-19(30)21(32)17(22(33)20(12)31)27(38)13-3-7-15(8-4-13)42-16-9-5-14(6-10-16)28(39)18-23(34)25(36)29(41-11-40-2)26(37)24(18)35/h3-10H,11H2,1-2H3. The molecule has 0 spiro atoms. The van der Waals surface area contributed by atoms with Crippen LogP contribution in [0, 0.1) is 53.5 Å². The van der Waals surface area contributed by atoms with E-state index in [1.165, 1.54) is 24.3 Å². The molecule has 0 aromatic heterocycles. The normalized spacial score (nSPS) is 11.0. The molecule has 0 radical (unpaired) electrons. The van der Waals surface area contributed by atoms with Gasteiger partial charge in [0, 0.05) is 23.8 Å². The number of ketones is 2. The minimum Gasteiger partial charge on any atom is -0.461 e. The molecule has 4 rings (SSSR count). The van der Waals surface area contributed by atoms with Crippen molar-refractivity contribution in [2.75, 3.05) is 13.9 Å². The predicted molar refractivity (Wildman–Crippen MR) is 130 cm³/mol. The molecule has 4 aromatic rings. The molecule has 0 atom stereocenters. The summed E-state index contributed by atoms with van der Waals surface area (Å²) in [5.74, 6) is -18.9. The van der Waals surface area contributed by atoms with E-state index in [1.807, 2.05) is 0 Å². The summed E-state index contributed by atoms with van der Waals surface area (Å²) in [6, 6.07) is 8.95. The smallest absolute Gasteiger partial charge is 0.204 e. The Hall–Kier alpha value is -4.78. The number of carbonyl (C=O) groups is 2. The number of rotatable bonds is 9. The van der Waals surface area contributed by atoms with Crippen molar-refractivity contribution in [1.29, 1.82) is 0 Å². The van der Waals surface area contributed by atoms with Crippen LogP contribution < -0.4 is 9.47 Å². The summed E-state index contributed by atoms with van der Waals surface area (Å²) >= 11 is 0. The van der Waals surface area contributed by atoms with Gasteiger partial charge in [-0.3, -0.25) is 9.59 Å². The van der Waals surface area contributed by atoms with Crippen LogP contribution in [0.1, 0.15) is 37.4 Å². The highest BCUT2D eigenvalue weighted by molar-refractivity contribution is 6.10. The van der Waals surface area contributed by atoms with Crippen LogP contribution in [-0.2, 0) is 4.74 Å². The molecule has 0 aliphatic carbocycles. The first kappa shape index (κ1) is 30.2. The van der Waals surface area contributed by atoms with Gasteiger partial charge in [-0.25, -0.2) is 26.3 Å². The van der Waals surface area contributed by atoms with Gasteiger partial charge in [-0.05, 0) is 55.5 Å². The zero-order valence-corrected chi connectivity index (χ0v) is 21.4. The summed E-state index contributed by atoms with van der Waals surface area (Å²) in [4.78, 5) is 25.2. The Kier molecular flexibility index (Phi) is 8.62. The van der Waals surface area contributed by atoms with E-state index in [4.69, 9.17) is 4.74 Å². The number of hydrogen-bond donors (Lipinski definition) is 0. The summed E-state index contributed by atoms with van der Waals surface area (Å²) in [6.07, 6.45) is 0. The molecular weight excluding hydrogens is 580 g/mol. The summed E-state index contributed by atoms with van der Waals surface area (Å²) < 4.78 is 128. The number of carbonyl (C=O) groups excluding carboxylic acids is 2. The molecule has 13 heteroatoms. The molecule has 4 aromatic carbocycles. The Balaban J connectivity index is 1.53. The van der Waals surface area contributed by atoms with E-state index < -0.39 is 87.3 Å². The van der Waals surface area contributed by atoms with Crippen molar-refractivity contribution in [2.45, 2.75) is 6.92 Å². The molecule has 0 heterocycles. The Morgan fingerprint density at radius 1 is 0.571 bits per heavy atom. The third-order valence-corrected chi connectivity index (χ3v) is 5.95. The summed E-state index contributed by atoms with van der Waals surface area (Å²) in [6.45, 7) is 0.0947. The van der Waals surface area contributed by atoms with E-state index in [1.54, 1.807) is 0 Å². The largest absolute Gasteiger partial charge is 0.461 e. The van der Waals surface area contributed by atoms with E-state index in [9.17, 15) is 44.7 Å². The highest BCUT2D eigenvalue weighted by Crippen LogP contribution is 2.32. The number of methoxy groups -OCH3 is 1. The summed E-state index contributed by atoms with van der Waals surface area (Å²) in [5.41, 5.74) is -4.52. The van der Waals surface area contributed by atoms with Gasteiger partial charge in [0.2, 0.25) is 11.6 Å². The number of ether oxygens (including phenoxy) is 3. The molecule has 0 saturated carbocycles. The van der Waals surface area contributed by atoms with Crippen LogP contribution >= 0.6 is 0 Å². The average molecular weight is 596 g/mol. The maximum Gasteiger partial charge on any atom is 0.204 e. The fraction of sp³-hybridized carbons (Fsp3) is 0.103. The topological polar surface area (TPSA) is 61.8 Å². The lowest BCUT2D eigenvalue weighted by Crippen LogP contribution is -2.14. The molecular formula is C29H16F8O5. The van der Waals surface area contributed by atoms with Crippen molar-refractivity contribution in [2.24, 2.45) is 0 Å². The van der Waals surface area contributed by atoms with E-state index >= 15 is 0 Å². The maximum atomic E-state index is 14.5. The molecule has 0 amide bonds. The van der Waals surface area contributed by atoms with Crippen LogP contribution in [0.4, 0.5) is 35.1 Å². The van der Waals surface area contributed by atoms with Crippen molar-refractivity contribution in [3.8, 4) is 17.2 Å². The second-order valence-electron chi connectivity index (χ2n) is 8.58. The van der Waals surface area contributed by atoms with Gasteiger partial charge in [0.15, 0.2) is 59.0 Å². The zero-order chi connectivity index (χ0) is 30.9. The molecule has 5 nitrogen and oxygen atoms in total. The second-order valence-corrected chi connectivity index (χ2v) is 8.58. The fourth-order valence-electron chi connectivity index (χ4n) is 3.77. The van der Waals surface area contributed by atoms with E-state index in [2.05, 4.69) is 9.47 Å². The summed E-state index contributed by atoms with van der Waals surface area (Å²) in [5, 5.41) is 0. The average Bonchev–Trinajstić information content (AvgIpc) is 2.99. The SMILES string of the molecule is COCOc1c(F)c(F)c(C(=O)c2ccc(Oc3ccc(C(=O)c4c(F)c(F)c(C)c(F)c4F)cc3)cc2)c(F)c1F. The number of hydrogen-bond acceptors (Lipinski definition) is 5. The van der Waals surface area contributed by atoms with Crippen molar-refractivity contribution < 1.29 is 58.9 Å². The first-order valence-corrected chi connectivity index (χ1v) is 11.7. The van der Waals surface area contributed by atoms with Gasteiger partial charge in [-0.2, -0.15) is 8.78 Å². The third-order valence-electron chi connectivity index (χ3n) is 5.95. The molecule has 0 unspecified atom stereocenters. The molecule has 0 aliphatic rings. The minimum absolute atomic E-state index is 0.0482. The van der Waals surface area contributed by atoms with Gasteiger partial charge < -0.3 is 14.2 Å². The number of halogens is 8. The quantitative estimate of drug-likeness (QED) is 0.0876. The van der Waals surface area contributed by atoms with Gasteiger partial charge in [-0.1, -0.05) is 0 Å². The lowest BCUT2D eigenvalue weighted by molar-refractivity contribution is 0.0439. The first-order valence-electron chi connectivity index (χ1n) is 11.7. The van der Waals surface area contributed by atoms with Gasteiger partial charge in [-0.15, -0.1) is 0 Å². The van der Waals surface area contributed by atoms with E-state index in [0.29, 0.717) is 0 Å². The molecule has 0 fully saturated rings. The minimum atomic E-state index is -1.98. The van der Waals surface area contributed by atoms with Gasteiger partial charge >= 0.3 is 0 Å². The molecule has 218 valence electrons. The Morgan fingerprint density at radius 3 is 1.29 bits per heavy atom. The van der Waals surface area contributed by atoms with Gasteiger partial charge in [0.1, 0.15) is 22.6 Å². The van der Waals surface area contributed by atoms with Gasteiger partial charge in [0.05, 0.1) is 0 Å². The van der Waals surface area contributed by atoms with Crippen molar-refractivity contribution in [3.63, 3.8) is 0 Å². The lowest BCUT2D eigenvalue weighted by Gasteiger charge is -2.12. The van der Waals surface area contributed by atoms with Crippen LogP contribution in [0.2, 0.25) is 0 Å². The molecule has 0 saturated heterocycles. The first-order chi connectivity index (χ1) is 19.9. The Morgan fingerprint density at radius 2 is 0.929 bits per heavy atom. The molecule has 42 heavy (non-hydrogen) atoms. The van der Waals surface area contributed by atoms with Crippen molar-refractivity contribution >= 4 is 11.6 Å². The highest BCUT2D eigenvalue weighted by atomic mass is 19.2. The summed E-state index contributed by atoms with van der Waals surface area (Å²) in [7, 11) is 1.10. The predicted octanol–water partition coefficient (Wildman–Crippen LogP) is 7.34. The van der Waals surface area contributed by atoms with Crippen LogP contribution in [0.3, 0.4) is 0 Å². The molecule has 0 N–H and O–H groups in total. The monoisotopic (exact) mass is 596 g/mol.